The summed E-state index contributed by atoms with van der Waals surface area (Å²) in [6.45, 7) is 7.50. The van der Waals surface area contributed by atoms with Gasteiger partial charge in [0, 0.05) is 28.9 Å². The fraction of sp³-hybridized carbons (Fsp3) is 0.364. The normalized spacial score (nSPS) is 14.4. The second-order valence-electron chi connectivity index (χ2n) is 10.4. The largest absolute Gasteiger partial charge is 0.492 e. The molecule has 0 atom stereocenters. The number of carbonyl (C=O) groups is 1. The van der Waals surface area contributed by atoms with Crippen LogP contribution < -0.4 is 14.2 Å². The molecule has 1 aliphatic rings. The van der Waals surface area contributed by atoms with Gasteiger partial charge in [0.25, 0.3) is 0 Å². The smallest absolute Gasteiger partial charge is 0.308 e. The quantitative estimate of drug-likeness (QED) is 0.0950. The van der Waals surface area contributed by atoms with E-state index in [0.29, 0.717) is 12.4 Å². The van der Waals surface area contributed by atoms with Gasteiger partial charge in [-0.25, -0.2) is 0 Å². The Bertz CT molecular complexity index is 1410. The lowest BCUT2D eigenvalue weighted by Gasteiger charge is -2.31. The highest BCUT2D eigenvalue weighted by Gasteiger charge is 2.19. The molecule has 5 rings (SSSR count). The van der Waals surface area contributed by atoms with Crippen molar-refractivity contribution in [2.24, 2.45) is 5.92 Å². The SMILES string of the molecule is CC(=O)Oc1ccc(-c2sc3cc(C)ccc3c2Oc2ccc(OCCN3CCC(CCCBr)CC3)cc2)cc1. The number of carbonyl (C=O) groups excluding carboxylic acids is 1. The minimum atomic E-state index is -0.331. The second kappa shape index (κ2) is 13.7. The van der Waals surface area contributed by atoms with Gasteiger partial charge in [-0.05, 0) is 123 Å². The molecule has 1 saturated heterocycles. The summed E-state index contributed by atoms with van der Waals surface area (Å²) in [6.07, 6.45) is 5.22. The average Bonchev–Trinajstić information content (AvgIpc) is 3.30. The summed E-state index contributed by atoms with van der Waals surface area (Å²) >= 11 is 5.25. The Hall–Kier alpha value is -2.87. The number of benzene rings is 3. The lowest BCUT2D eigenvalue weighted by atomic mass is 9.92. The third-order valence-electron chi connectivity index (χ3n) is 7.35. The zero-order valence-electron chi connectivity index (χ0n) is 23.2. The highest BCUT2D eigenvalue weighted by atomic mass is 79.9. The van der Waals surface area contributed by atoms with Crippen molar-refractivity contribution in [1.29, 1.82) is 0 Å². The van der Waals surface area contributed by atoms with Gasteiger partial charge in [-0.15, -0.1) is 11.3 Å². The van der Waals surface area contributed by atoms with Crippen LogP contribution in [0.5, 0.6) is 23.0 Å². The number of thiophene rings is 1. The van der Waals surface area contributed by atoms with E-state index in [1.807, 2.05) is 48.5 Å². The van der Waals surface area contributed by atoms with Gasteiger partial charge in [0.15, 0.2) is 5.75 Å². The number of hydrogen-bond donors (Lipinski definition) is 0. The standard InChI is InChI=1S/C33H36BrNO4S/c1-23-5-14-30-31(22-23)40-33(26-6-8-28(9-7-26)38-24(2)36)32(30)39-29-12-10-27(11-13-29)37-21-20-35-18-15-25(16-19-35)4-3-17-34/h5-14,22,25H,3-4,15-21H2,1-2H3. The predicted molar refractivity (Wildman–Crippen MR) is 168 cm³/mol. The van der Waals surface area contributed by atoms with Crippen LogP contribution in [0.2, 0.25) is 0 Å². The third kappa shape index (κ3) is 7.45. The van der Waals surface area contributed by atoms with Gasteiger partial charge in [-0.3, -0.25) is 9.69 Å². The summed E-state index contributed by atoms with van der Waals surface area (Å²) in [5, 5.41) is 2.19. The molecule has 1 aliphatic heterocycles. The number of piperidine rings is 1. The van der Waals surface area contributed by atoms with E-state index in [2.05, 4.69) is 46.0 Å². The molecule has 0 N–H and O–H groups in total. The van der Waals surface area contributed by atoms with Crippen LogP contribution in [0.15, 0.2) is 66.7 Å². The van der Waals surface area contributed by atoms with E-state index in [9.17, 15) is 4.79 Å². The molecular weight excluding hydrogens is 586 g/mol. The molecule has 3 aromatic carbocycles. The lowest BCUT2D eigenvalue weighted by molar-refractivity contribution is -0.131. The maximum absolute atomic E-state index is 11.3. The number of aryl methyl sites for hydroxylation is 1. The first kappa shape index (κ1) is 28.7. The molecule has 0 radical (unpaired) electrons. The van der Waals surface area contributed by atoms with E-state index >= 15 is 0 Å². The molecule has 1 aromatic heterocycles. The summed E-state index contributed by atoms with van der Waals surface area (Å²) in [5.41, 5.74) is 2.22. The molecule has 5 nitrogen and oxygen atoms in total. The van der Waals surface area contributed by atoms with E-state index in [1.165, 1.54) is 56.0 Å². The van der Waals surface area contributed by atoms with Crippen molar-refractivity contribution < 1.29 is 19.0 Å². The number of likely N-dealkylation sites (tertiary alicyclic amines) is 1. The Kier molecular flexibility index (Phi) is 9.79. The van der Waals surface area contributed by atoms with Crippen molar-refractivity contribution in [3.63, 3.8) is 0 Å². The van der Waals surface area contributed by atoms with Gasteiger partial charge in [-0.1, -0.05) is 22.0 Å². The minimum Gasteiger partial charge on any atom is -0.492 e. The summed E-state index contributed by atoms with van der Waals surface area (Å²) in [5.74, 6) is 3.52. The summed E-state index contributed by atoms with van der Waals surface area (Å²) in [6, 6.07) is 21.9. The van der Waals surface area contributed by atoms with Gasteiger partial charge in [0.1, 0.15) is 23.9 Å². The molecule has 40 heavy (non-hydrogen) atoms. The molecule has 1 fully saturated rings. The summed E-state index contributed by atoms with van der Waals surface area (Å²) in [7, 11) is 0. The number of hydrogen-bond acceptors (Lipinski definition) is 6. The molecule has 0 bridgehead atoms. The van der Waals surface area contributed by atoms with E-state index < -0.39 is 0 Å². The number of halogens is 1. The van der Waals surface area contributed by atoms with Crippen LogP contribution in [0, 0.1) is 12.8 Å². The highest BCUT2D eigenvalue weighted by Crippen LogP contribution is 2.46. The molecule has 2 heterocycles. The van der Waals surface area contributed by atoms with E-state index in [4.69, 9.17) is 14.2 Å². The molecule has 0 aliphatic carbocycles. The topological polar surface area (TPSA) is 48.0 Å². The van der Waals surface area contributed by atoms with Crippen molar-refractivity contribution in [2.45, 2.75) is 39.5 Å². The zero-order chi connectivity index (χ0) is 27.9. The van der Waals surface area contributed by atoms with Crippen molar-refractivity contribution in [3.8, 4) is 33.4 Å². The molecule has 210 valence electrons. The van der Waals surface area contributed by atoms with Crippen LogP contribution in [0.25, 0.3) is 20.5 Å². The molecule has 0 amide bonds. The maximum atomic E-state index is 11.3. The minimum absolute atomic E-state index is 0.331. The van der Waals surface area contributed by atoms with Gasteiger partial charge in [0.05, 0.1) is 4.88 Å². The van der Waals surface area contributed by atoms with Crippen LogP contribution in [-0.2, 0) is 4.79 Å². The molecule has 0 spiro atoms. The van der Waals surface area contributed by atoms with Crippen LogP contribution in [0.3, 0.4) is 0 Å². The average molecular weight is 623 g/mol. The van der Waals surface area contributed by atoms with Crippen molar-refractivity contribution in [1.82, 2.24) is 4.90 Å². The molecule has 4 aromatic rings. The third-order valence-corrected chi connectivity index (χ3v) is 9.09. The number of rotatable bonds is 11. The van der Waals surface area contributed by atoms with Crippen LogP contribution in [-0.4, -0.2) is 42.4 Å². The number of esters is 1. The predicted octanol–water partition coefficient (Wildman–Crippen LogP) is 8.86. The van der Waals surface area contributed by atoms with Crippen molar-refractivity contribution in [2.75, 3.05) is 31.6 Å². The van der Waals surface area contributed by atoms with Gasteiger partial charge < -0.3 is 14.2 Å². The molecular formula is C33H36BrNO4S. The van der Waals surface area contributed by atoms with Gasteiger partial charge >= 0.3 is 5.97 Å². The Balaban J connectivity index is 1.23. The van der Waals surface area contributed by atoms with Gasteiger partial charge in [-0.2, -0.15) is 0 Å². The second-order valence-corrected chi connectivity index (χ2v) is 12.3. The summed E-state index contributed by atoms with van der Waals surface area (Å²) < 4.78 is 19.0. The monoisotopic (exact) mass is 621 g/mol. The number of fused-ring (bicyclic) bond motifs is 1. The number of alkyl halides is 1. The molecule has 0 saturated carbocycles. The molecule has 0 unspecified atom stereocenters. The maximum Gasteiger partial charge on any atom is 0.308 e. The van der Waals surface area contributed by atoms with E-state index in [1.54, 1.807) is 11.3 Å². The van der Waals surface area contributed by atoms with E-state index in [0.717, 1.165) is 50.9 Å². The zero-order valence-corrected chi connectivity index (χ0v) is 25.6. The number of nitrogens with zero attached hydrogens (tertiary/aromatic N) is 1. The van der Waals surface area contributed by atoms with E-state index in [-0.39, 0.29) is 5.97 Å². The fourth-order valence-corrected chi connectivity index (χ4v) is 6.75. The van der Waals surface area contributed by atoms with Crippen LogP contribution >= 0.6 is 27.3 Å². The highest BCUT2D eigenvalue weighted by molar-refractivity contribution is 9.09. The Morgan fingerprint density at radius 2 is 1.68 bits per heavy atom. The first-order chi connectivity index (χ1) is 19.5. The van der Waals surface area contributed by atoms with Crippen LogP contribution in [0.1, 0.15) is 38.2 Å². The van der Waals surface area contributed by atoms with Crippen molar-refractivity contribution >= 4 is 43.3 Å². The fourth-order valence-electron chi connectivity index (χ4n) is 5.19. The number of ether oxygens (including phenoxy) is 3. The molecule has 7 heteroatoms. The summed E-state index contributed by atoms with van der Waals surface area (Å²) in [4.78, 5) is 14.9. The first-order valence-corrected chi connectivity index (χ1v) is 15.9. The first-order valence-electron chi connectivity index (χ1n) is 14.0. The Morgan fingerprint density at radius 1 is 0.975 bits per heavy atom. The Labute approximate surface area is 249 Å². The van der Waals surface area contributed by atoms with Crippen molar-refractivity contribution in [3.05, 3.63) is 72.3 Å². The Morgan fingerprint density at radius 3 is 2.38 bits per heavy atom. The van der Waals surface area contributed by atoms with Crippen LogP contribution in [0.4, 0.5) is 0 Å². The lowest BCUT2D eigenvalue weighted by Crippen LogP contribution is -2.36. The van der Waals surface area contributed by atoms with Gasteiger partial charge in [0.2, 0.25) is 0 Å².